The molecule has 5 nitrogen and oxygen atoms in total. The molecule has 0 aromatic carbocycles. The van der Waals surface area contributed by atoms with Crippen LogP contribution in [-0.4, -0.2) is 25.8 Å². The van der Waals surface area contributed by atoms with Gasteiger partial charge in [-0.25, -0.2) is 4.98 Å². The summed E-state index contributed by atoms with van der Waals surface area (Å²) in [5.74, 6) is 1.25. The fourth-order valence-corrected chi connectivity index (χ4v) is 1.98. The fraction of sp³-hybridized carbons (Fsp3) is 0.727. The van der Waals surface area contributed by atoms with Gasteiger partial charge in [-0.1, -0.05) is 13.8 Å². The van der Waals surface area contributed by atoms with Crippen molar-refractivity contribution in [2.24, 2.45) is 18.9 Å². The largest absolute Gasteiger partial charge is 0.481 e. The van der Waals surface area contributed by atoms with Crippen LogP contribution in [0.5, 0.6) is 0 Å². The Kier molecular flexibility index (Phi) is 2.69. The highest BCUT2D eigenvalue weighted by atomic mass is 16.4. The molecule has 0 radical (unpaired) electrons. The summed E-state index contributed by atoms with van der Waals surface area (Å²) in [6.07, 6.45) is 1.54. The first-order valence-corrected chi connectivity index (χ1v) is 5.61. The molecule has 1 heterocycles. The number of carbonyl (C=O) groups is 1. The minimum atomic E-state index is -0.724. The summed E-state index contributed by atoms with van der Waals surface area (Å²) in [7, 11) is 1.84. The van der Waals surface area contributed by atoms with Gasteiger partial charge in [0.05, 0.1) is 5.92 Å². The second kappa shape index (κ2) is 3.88. The van der Waals surface area contributed by atoms with Crippen LogP contribution in [0.15, 0.2) is 0 Å². The van der Waals surface area contributed by atoms with Crippen molar-refractivity contribution in [2.45, 2.75) is 32.6 Å². The molecule has 16 heavy (non-hydrogen) atoms. The Bertz CT molecular complexity index is 411. The first-order chi connectivity index (χ1) is 7.49. The monoisotopic (exact) mass is 223 g/mol. The molecule has 2 rings (SSSR count). The highest BCUT2D eigenvalue weighted by Crippen LogP contribution is 2.46. The number of hydrogen-bond acceptors (Lipinski definition) is 3. The summed E-state index contributed by atoms with van der Waals surface area (Å²) >= 11 is 0. The van der Waals surface area contributed by atoms with Gasteiger partial charge in [-0.2, -0.15) is 5.10 Å². The molecule has 0 spiro atoms. The average molecular weight is 223 g/mol. The van der Waals surface area contributed by atoms with Crippen LogP contribution < -0.4 is 0 Å². The van der Waals surface area contributed by atoms with E-state index >= 15 is 0 Å². The molecule has 1 N–H and O–H groups in total. The zero-order valence-corrected chi connectivity index (χ0v) is 9.84. The van der Waals surface area contributed by atoms with Gasteiger partial charge in [-0.15, -0.1) is 0 Å². The second-order valence-electron chi connectivity index (χ2n) is 4.89. The smallest absolute Gasteiger partial charge is 0.307 e. The summed E-state index contributed by atoms with van der Waals surface area (Å²) in [4.78, 5) is 15.2. The third-order valence-electron chi connectivity index (χ3n) is 2.87. The molecule has 1 fully saturated rings. The molecular formula is C11H17N3O2. The fourth-order valence-electron chi connectivity index (χ4n) is 1.98. The van der Waals surface area contributed by atoms with E-state index in [0.29, 0.717) is 12.3 Å². The van der Waals surface area contributed by atoms with Gasteiger partial charge >= 0.3 is 5.97 Å². The molecule has 2 atom stereocenters. The summed E-state index contributed by atoms with van der Waals surface area (Å²) < 4.78 is 1.73. The summed E-state index contributed by atoms with van der Waals surface area (Å²) in [5, 5.41) is 13.2. The van der Waals surface area contributed by atoms with E-state index in [9.17, 15) is 4.79 Å². The molecule has 1 aromatic heterocycles. The van der Waals surface area contributed by atoms with Crippen LogP contribution in [0.4, 0.5) is 0 Å². The van der Waals surface area contributed by atoms with E-state index < -0.39 is 5.97 Å². The molecule has 0 saturated heterocycles. The van der Waals surface area contributed by atoms with Gasteiger partial charge in [0.15, 0.2) is 5.82 Å². The Morgan fingerprint density at radius 1 is 1.62 bits per heavy atom. The first-order valence-electron chi connectivity index (χ1n) is 5.61. The van der Waals surface area contributed by atoms with Gasteiger partial charge in [0.2, 0.25) is 0 Å². The molecule has 1 aliphatic carbocycles. The zero-order valence-electron chi connectivity index (χ0n) is 9.84. The van der Waals surface area contributed by atoms with E-state index in [1.165, 1.54) is 0 Å². The van der Waals surface area contributed by atoms with Gasteiger partial charge in [0.25, 0.3) is 0 Å². The van der Waals surface area contributed by atoms with Gasteiger partial charge in [-0.05, 0) is 12.3 Å². The minimum absolute atomic E-state index is 0.0657. The molecule has 1 aromatic rings. The molecule has 88 valence electrons. The molecular weight excluding hydrogens is 206 g/mol. The Morgan fingerprint density at radius 2 is 2.31 bits per heavy atom. The van der Waals surface area contributed by atoms with Crippen molar-refractivity contribution in [3.63, 3.8) is 0 Å². The maximum Gasteiger partial charge on any atom is 0.307 e. The van der Waals surface area contributed by atoms with Crippen molar-refractivity contribution in [2.75, 3.05) is 0 Å². The van der Waals surface area contributed by atoms with Crippen molar-refractivity contribution in [3.8, 4) is 0 Å². The lowest BCUT2D eigenvalue weighted by Gasteiger charge is -1.96. The van der Waals surface area contributed by atoms with E-state index in [-0.39, 0.29) is 11.8 Å². The molecule has 1 saturated carbocycles. The van der Waals surface area contributed by atoms with Crippen molar-refractivity contribution in [3.05, 3.63) is 11.6 Å². The summed E-state index contributed by atoms with van der Waals surface area (Å²) in [6, 6.07) is 0. The highest BCUT2D eigenvalue weighted by Gasteiger charge is 2.47. The summed E-state index contributed by atoms with van der Waals surface area (Å²) in [6.45, 7) is 4.24. The number of aliphatic carboxylic acids is 1. The van der Waals surface area contributed by atoms with E-state index in [1.807, 2.05) is 7.05 Å². The van der Waals surface area contributed by atoms with E-state index in [1.54, 1.807) is 4.68 Å². The number of carboxylic acid groups (broad SMARTS) is 1. The maximum atomic E-state index is 10.8. The van der Waals surface area contributed by atoms with Crippen LogP contribution >= 0.6 is 0 Å². The van der Waals surface area contributed by atoms with Crippen LogP contribution in [0.3, 0.4) is 0 Å². The predicted octanol–water partition coefficient (Wildman–Crippen LogP) is 1.20. The lowest BCUT2D eigenvalue weighted by molar-refractivity contribution is -0.138. The van der Waals surface area contributed by atoms with Gasteiger partial charge in [0.1, 0.15) is 5.82 Å². The molecule has 1 aliphatic rings. The van der Waals surface area contributed by atoms with Crippen LogP contribution in [0.2, 0.25) is 0 Å². The Hall–Kier alpha value is -1.39. The van der Waals surface area contributed by atoms with Crippen molar-refractivity contribution < 1.29 is 9.90 Å². The number of aromatic nitrogens is 3. The van der Waals surface area contributed by atoms with E-state index in [2.05, 4.69) is 23.9 Å². The number of carboxylic acids is 1. The van der Waals surface area contributed by atoms with Crippen molar-refractivity contribution in [1.29, 1.82) is 0 Å². The molecule has 0 bridgehead atoms. The quantitative estimate of drug-likeness (QED) is 0.832. The van der Waals surface area contributed by atoms with Gasteiger partial charge < -0.3 is 5.11 Å². The normalized spacial score (nSPS) is 23.8. The van der Waals surface area contributed by atoms with Crippen LogP contribution in [0.25, 0.3) is 0 Å². The number of rotatable bonds is 4. The average Bonchev–Trinajstić information content (AvgIpc) is 2.85. The topological polar surface area (TPSA) is 68.0 Å². The maximum absolute atomic E-state index is 10.8. The van der Waals surface area contributed by atoms with Gasteiger partial charge in [0, 0.05) is 19.4 Å². The third-order valence-corrected chi connectivity index (χ3v) is 2.87. The molecule has 0 aliphatic heterocycles. The molecule has 5 heteroatoms. The SMILES string of the molecule is CC(C)Cc1nc(C2CC2C(=O)O)n(C)n1. The first kappa shape index (κ1) is 11.1. The predicted molar refractivity (Wildman–Crippen MR) is 58.0 cm³/mol. The Labute approximate surface area is 94.5 Å². The second-order valence-corrected chi connectivity index (χ2v) is 4.89. The number of hydrogen-bond donors (Lipinski definition) is 1. The number of aryl methyl sites for hydroxylation is 1. The number of nitrogens with zero attached hydrogens (tertiary/aromatic N) is 3. The lowest BCUT2D eigenvalue weighted by atomic mass is 10.1. The van der Waals surface area contributed by atoms with Crippen LogP contribution in [0, 0.1) is 11.8 Å². The van der Waals surface area contributed by atoms with Crippen molar-refractivity contribution >= 4 is 5.97 Å². The lowest BCUT2D eigenvalue weighted by Crippen LogP contribution is -2.03. The standard InChI is InChI=1S/C11H17N3O2/c1-6(2)4-9-12-10(14(3)13-9)7-5-8(7)11(15)16/h6-8H,4-5H2,1-3H3,(H,15,16). The van der Waals surface area contributed by atoms with Gasteiger partial charge in [-0.3, -0.25) is 9.48 Å². The summed E-state index contributed by atoms with van der Waals surface area (Å²) in [5.41, 5.74) is 0. The van der Waals surface area contributed by atoms with Crippen molar-refractivity contribution in [1.82, 2.24) is 14.8 Å². The molecule has 0 amide bonds. The van der Waals surface area contributed by atoms with E-state index in [4.69, 9.17) is 5.11 Å². The van der Waals surface area contributed by atoms with E-state index in [0.717, 1.165) is 18.1 Å². The zero-order chi connectivity index (χ0) is 11.9. The van der Waals surface area contributed by atoms with Crippen LogP contribution in [-0.2, 0) is 18.3 Å². The Morgan fingerprint density at radius 3 is 2.81 bits per heavy atom. The third kappa shape index (κ3) is 2.08. The minimum Gasteiger partial charge on any atom is -0.481 e. The highest BCUT2D eigenvalue weighted by molar-refractivity contribution is 5.74. The van der Waals surface area contributed by atoms with Crippen LogP contribution in [0.1, 0.15) is 37.8 Å². The molecule has 2 unspecified atom stereocenters. The Balaban J connectivity index is 2.11.